The van der Waals surface area contributed by atoms with E-state index in [-0.39, 0.29) is 38.2 Å². The Hall–Kier alpha value is -4.01. The molecule has 0 fully saturated rings. The number of primary amides is 1. The number of carbonyl (C=O) groups excluding carboxylic acids is 2. The summed E-state index contributed by atoms with van der Waals surface area (Å²) in [5, 5.41) is 16.4. The first-order valence-electron chi connectivity index (χ1n) is 13.1. The highest BCUT2D eigenvalue weighted by atomic mass is 32.2. The molecule has 13 nitrogen and oxygen atoms in total. The number of aliphatic hydroxyl groups excluding tert-OH is 1. The summed E-state index contributed by atoms with van der Waals surface area (Å²) in [6.45, 7) is 4.38. The van der Waals surface area contributed by atoms with E-state index < -0.39 is 34.2 Å². The third-order valence-corrected chi connectivity index (χ3v) is 7.78. The van der Waals surface area contributed by atoms with Gasteiger partial charge in [0, 0.05) is 19.5 Å². The Bertz CT molecular complexity index is 1360. The van der Waals surface area contributed by atoms with Gasteiger partial charge in [-0.1, -0.05) is 37.3 Å². The van der Waals surface area contributed by atoms with Gasteiger partial charge in [-0.3, -0.25) is 14.6 Å². The van der Waals surface area contributed by atoms with Gasteiger partial charge in [-0.05, 0) is 49.2 Å². The van der Waals surface area contributed by atoms with Crippen LogP contribution in [0.2, 0.25) is 0 Å². The predicted octanol–water partition coefficient (Wildman–Crippen LogP) is 0.809. The molecule has 222 valence electrons. The number of carbonyl (C=O) groups is 2. The Morgan fingerprint density at radius 2 is 1.85 bits per heavy atom. The molecule has 1 aliphatic rings. The largest absolute Gasteiger partial charge is 0.484 e. The molecule has 2 aromatic carbocycles. The summed E-state index contributed by atoms with van der Waals surface area (Å²) in [5.41, 5.74) is 7.50. The predicted molar refractivity (Wildman–Crippen MR) is 153 cm³/mol. The van der Waals surface area contributed by atoms with Crippen molar-refractivity contribution in [2.24, 2.45) is 15.8 Å². The van der Waals surface area contributed by atoms with Crippen molar-refractivity contribution in [2.45, 2.75) is 38.8 Å². The average Bonchev–Trinajstić information content (AvgIpc) is 3.39. The van der Waals surface area contributed by atoms with Crippen molar-refractivity contribution in [3.05, 3.63) is 65.7 Å². The van der Waals surface area contributed by atoms with Crippen LogP contribution in [0, 0.1) is 0 Å². The quantitative estimate of drug-likeness (QED) is 0.185. The van der Waals surface area contributed by atoms with E-state index in [1.54, 1.807) is 38.1 Å². The van der Waals surface area contributed by atoms with Crippen molar-refractivity contribution in [2.75, 3.05) is 33.4 Å². The molecule has 4 N–H and O–H groups in total. The van der Waals surface area contributed by atoms with Crippen molar-refractivity contribution < 1.29 is 32.6 Å². The van der Waals surface area contributed by atoms with E-state index in [2.05, 4.69) is 9.71 Å². The number of benzene rings is 2. The highest BCUT2D eigenvalue weighted by Crippen LogP contribution is 2.30. The van der Waals surface area contributed by atoms with Gasteiger partial charge in [0.15, 0.2) is 6.61 Å². The van der Waals surface area contributed by atoms with E-state index in [1.807, 2.05) is 30.3 Å². The van der Waals surface area contributed by atoms with Crippen LogP contribution in [0.25, 0.3) is 0 Å². The number of aliphatic hydroxyl groups is 1. The molecule has 0 bridgehead atoms. The molecule has 0 aromatic heterocycles. The van der Waals surface area contributed by atoms with Crippen LogP contribution in [-0.4, -0.2) is 91.9 Å². The second-order valence-corrected chi connectivity index (χ2v) is 10.7. The minimum absolute atomic E-state index is 0.0269. The number of nitrogens with one attached hydrogen (secondary N) is 1. The van der Waals surface area contributed by atoms with Crippen molar-refractivity contribution in [3.8, 4) is 5.75 Å². The van der Waals surface area contributed by atoms with Crippen molar-refractivity contribution in [1.29, 1.82) is 0 Å². The van der Waals surface area contributed by atoms with Gasteiger partial charge in [0.25, 0.3) is 5.91 Å². The first kappa shape index (κ1) is 31.5. The first-order valence-corrected chi connectivity index (χ1v) is 14.5. The Morgan fingerprint density at radius 1 is 1.20 bits per heavy atom. The lowest BCUT2D eigenvalue weighted by Crippen LogP contribution is -2.56. The number of amides is 1. The topological polar surface area (TPSA) is 176 Å². The molecule has 41 heavy (non-hydrogen) atoms. The highest BCUT2D eigenvalue weighted by molar-refractivity contribution is 7.87. The number of hydrazone groups is 1. The number of ether oxygens (including phenoxy) is 2. The molecule has 3 atom stereocenters. The molecule has 0 aliphatic carbocycles. The van der Waals surface area contributed by atoms with E-state index in [4.69, 9.17) is 20.3 Å². The summed E-state index contributed by atoms with van der Waals surface area (Å²) >= 11 is 0. The monoisotopic (exact) mass is 588 g/mol. The number of nitrogens with zero attached hydrogens (tertiary/aromatic N) is 4. The fraction of sp³-hybridized carbons (Fsp3) is 0.407. The van der Waals surface area contributed by atoms with Crippen molar-refractivity contribution in [3.63, 3.8) is 0 Å². The van der Waals surface area contributed by atoms with Crippen LogP contribution in [0.5, 0.6) is 5.75 Å². The number of nitrogens with two attached hydrogens (primary N) is 1. The zero-order valence-electron chi connectivity index (χ0n) is 23.4. The summed E-state index contributed by atoms with van der Waals surface area (Å²) in [4.78, 5) is 27.7. The molecule has 2 aromatic rings. The summed E-state index contributed by atoms with van der Waals surface area (Å²) in [6, 6.07) is 15.1. The maximum Gasteiger partial charge on any atom is 0.327 e. The van der Waals surface area contributed by atoms with Gasteiger partial charge in [0.2, 0.25) is 5.96 Å². The third kappa shape index (κ3) is 7.80. The molecule has 0 radical (unpaired) electrons. The maximum atomic E-state index is 13.5. The average molecular weight is 589 g/mol. The highest BCUT2D eigenvalue weighted by Gasteiger charge is 2.40. The number of hydrogen-bond acceptors (Lipinski definition) is 9. The van der Waals surface area contributed by atoms with E-state index in [0.717, 1.165) is 15.4 Å². The van der Waals surface area contributed by atoms with Gasteiger partial charge >= 0.3 is 16.2 Å². The number of hydrogen-bond donors (Lipinski definition) is 3. The lowest BCUT2D eigenvalue weighted by atomic mass is 9.90. The van der Waals surface area contributed by atoms with Crippen LogP contribution in [0.15, 0.2) is 64.7 Å². The molecule has 1 heterocycles. The summed E-state index contributed by atoms with van der Waals surface area (Å²) in [5.74, 6) is -1.32. The van der Waals surface area contributed by atoms with Gasteiger partial charge in [0.05, 0.1) is 25.0 Å². The smallest absolute Gasteiger partial charge is 0.327 e. The first-order chi connectivity index (χ1) is 19.5. The van der Waals surface area contributed by atoms with Gasteiger partial charge < -0.3 is 20.3 Å². The second kappa shape index (κ2) is 14.1. The van der Waals surface area contributed by atoms with Crippen LogP contribution in [0.4, 0.5) is 0 Å². The number of likely N-dealkylation sites (N-methyl/N-ethyl adjacent to an activating group) is 1. The molecular formula is C27H36N6O7S. The van der Waals surface area contributed by atoms with Crippen LogP contribution < -0.4 is 15.2 Å². The van der Waals surface area contributed by atoms with E-state index >= 15 is 0 Å². The minimum atomic E-state index is -4.39. The van der Waals surface area contributed by atoms with Gasteiger partial charge in [0.1, 0.15) is 11.8 Å². The Balaban J connectivity index is 1.93. The van der Waals surface area contributed by atoms with E-state index in [9.17, 15) is 23.1 Å². The van der Waals surface area contributed by atoms with Crippen molar-refractivity contribution >= 4 is 33.8 Å². The SMILES string of the molecule is CCOC(=O)C(C(C)O)N(CC)S(=O)(=O)NC(=NC)N1CC(c2ccccc2)C(c2ccc(OCC(N)=O)cc2)=N1. The van der Waals surface area contributed by atoms with Gasteiger partial charge in [-0.15, -0.1) is 0 Å². The van der Waals surface area contributed by atoms with Crippen LogP contribution in [-0.2, 0) is 24.5 Å². The summed E-state index contributed by atoms with van der Waals surface area (Å²) in [7, 11) is -2.97. The lowest BCUT2D eigenvalue weighted by molar-refractivity contribution is -0.151. The zero-order chi connectivity index (χ0) is 30.2. The molecule has 1 aliphatic heterocycles. The molecule has 14 heteroatoms. The third-order valence-electron chi connectivity index (χ3n) is 6.24. The number of aliphatic imine (C=N–C) groups is 1. The van der Waals surface area contributed by atoms with Crippen LogP contribution in [0.1, 0.15) is 37.8 Å². The number of guanidine groups is 1. The molecular weight excluding hydrogens is 552 g/mol. The Kier molecular flexibility index (Phi) is 10.8. The van der Waals surface area contributed by atoms with Crippen LogP contribution in [0.3, 0.4) is 0 Å². The summed E-state index contributed by atoms with van der Waals surface area (Å²) in [6.07, 6.45) is -1.33. The standard InChI is InChI=1S/C27H36N6O7S/c1-5-33(25(18(3)34)26(36)39-6-2)41(37,38)31-27(29-4)32-16-22(19-10-8-7-9-11-19)24(30-32)20-12-14-21(15-13-20)40-17-23(28)35/h7-15,18,22,25,34H,5-6,16-17H2,1-4H3,(H2,28,35)(H,29,31). The Morgan fingerprint density at radius 3 is 2.39 bits per heavy atom. The van der Waals surface area contributed by atoms with Crippen LogP contribution >= 0.6 is 0 Å². The minimum Gasteiger partial charge on any atom is -0.484 e. The zero-order valence-corrected chi connectivity index (χ0v) is 24.2. The second-order valence-electron chi connectivity index (χ2n) is 9.11. The lowest BCUT2D eigenvalue weighted by Gasteiger charge is -2.31. The molecule has 0 saturated heterocycles. The maximum absolute atomic E-state index is 13.5. The fourth-order valence-corrected chi connectivity index (χ4v) is 5.85. The number of esters is 1. The van der Waals surface area contributed by atoms with E-state index in [1.165, 1.54) is 19.0 Å². The molecule has 3 unspecified atom stereocenters. The molecule has 3 rings (SSSR count). The van der Waals surface area contributed by atoms with Gasteiger partial charge in [-0.2, -0.15) is 17.8 Å². The van der Waals surface area contributed by atoms with Gasteiger partial charge in [-0.25, -0.2) is 9.73 Å². The molecule has 1 amide bonds. The Labute approximate surface area is 239 Å². The fourth-order valence-electron chi connectivity index (χ4n) is 4.40. The van der Waals surface area contributed by atoms with Crippen molar-refractivity contribution in [1.82, 2.24) is 14.0 Å². The van der Waals surface area contributed by atoms with E-state index in [0.29, 0.717) is 11.5 Å². The molecule has 0 spiro atoms. The normalized spacial score (nSPS) is 17.1. The molecule has 0 saturated carbocycles. The number of rotatable bonds is 12. The summed E-state index contributed by atoms with van der Waals surface area (Å²) < 4.78 is 40.6.